The van der Waals surface area contributed by atoms with Crippen LogP contribution in [0.3, 0.4) is 0 Å². The summed E-state index contributed by atoms with van der Waals surface area (Å²) in [6.45, 7) is 3.25. The third kappa shape index (κ3) is 4.98. The van der Waals surface area contributed by atoms with E-state index in [2.05, 4.69) is 35.9 Å². The number of aromatic nitrogens is 1. The molecule has 0 unspecified atom stereocenters. The van der Waals surface area contributed by atoms with Crippen molar-refractivity contribution in [3.05, 3.63) is 89.1 Å². The minimum absolute atomic E-state index is 0.0131. The Hall–Kier alpha value is -3.09. The van der Waals surface area contributed by atoms with Crippen LogP contribution >= 0.6 is 11.8 Å². The van der Waals surface area contributed by atoms with Gasteiger partial charge in [0.15, 0.2) is 5.17 Å². The molecule has 6 heteroatoms. The number of benzene rings is 2. The molecule has 4 rings (SSSR count). The normalized spacial score (nSPS) is 16.6. The minimum atomic E-state index is -0.0131. The van der Waals surface area contributed by atoms with Crippen molar-refractivity contribution < 1.29 is 9.53 Å². The van der Waals surface area contributed by atoms with Gasteiger partial charge in [0.1, 0.15) is 0 Å². The minimum Gasteiger partial charge on any atom is -0.385 e. The Morgan fingerprint density at radius 2 is 1.77 bits per heavy atom. The van der Waals surface area contributed by atoms with Crippen LogP contribution in [0.5, 0.6) is 0 Å². The average Bonchev–Trinajstić information content (AvgIpc) is 3.29. The molecule has 0 atom stereocenters. The van der Waals surface area contributed by atoms with Gasteiger partial charge < -0.3 is 9.30 Å². The molecule has 1 aromatic heterocycles. The number of aliphatic imine (C=N–C) groups is 1. The highest BCUT2D eigenvalue weighted by atomic mass is 32.2. The van der Waals surface area contributed by atoms with E-state index in [-0.39, 0.29) is 5.91 Å². The lowest BCUT2D eigenvalue weighted by Crippen LogP contribution is -2.30. The van der Waals surface area contributed by atoms with Crippen LogP contribution in [0.1, 0.15) is 17.7 Å². The number of rotatable bonds is 7. The lowest BCUT2D eigenvalue weighted by atomic mass is 10.2. The summed E-state index contributed by atoms with van der Waals surface area (Å²) in [6, 6.07) is 22.0. The summed E-state index contributed by atoms with van der Waals surface area (Å²) in [5.41, 5.74) is 4.04. The van der Waals surface area contributed by atoms with E-state index in [4.69, 9.17) is 9.73 Å². The number of ether oxygens (including phenoxy) is 1. The summed E-state index contributed by atoms with van der Waals surface area (Å²) >= 11 is 1.42. The lowest BCUT2D eigenvalue weighted by molar-refractivity contribution is -0.122. The first-order valence-corrected chi connectivity index (χ1v) is 11.1. The van der Waals surface area contributed by atoms with Gasteiger partial charge in [-0.15, -0.1) is 0 Å². The molecule has 3 aromatic rings. The van der Waals surface area contributed by atoms with E-state index >= 15 is 0 Å². The first kappa shape index (κ1) is 21.2. The summed E-state index contributed by atoms with van der Waals surface area (Å²) in [6.07, 6.45) is 4.77. The summed E-state index contributed by atoms with van der Waals surface area (Å²) in [5, 5.41) is 0.706. The van der Waals surface area contributed by atoms with E-state index < -0.39 is 0 Å². The van der Waals surface area contributed by atoms with Crippen LogP contribution in [0.15, 0.2) is 82.8 Å². The van der Waals surface area contributed by atoms with Crippen molar-refractivity contribution in [1.82, 2.24) is 9.47 Å². The second-order valence-corrected chi connectivity index (χ2v) is 8.27. The summed E-state index contributed by atoms with van der Waals surface area (Å²) < 4.78 is 7.30. The zero-order chi connectivity index (χ0) is 21.6. The number of amides is 1. The number of para-hydroxylation sites is 2. The Kier molecular flexibility index (Phi) is 6.70. The van der Waals surface area contributed by atoms with Crippen molar-refractivity contribution >= 4 is 34.6 Å². The average molecular weight is 432 g/mol. The Bertz CT molecular complexity index is 1100. The monoisotopic (exact) mass is 431 g/mol. The highest BCUT2D eigenvalue weighted by molar-refractivity contribution is 8.18. The zero-order valence-electron chi connectivity index (χ0n) is 17.7. The maximum Gasteiger partial charge on any atom is 0.266 e. The molecular formula is C25H25N3O2S. The highest BCUT2D eigenvalue weighted by Crippen LogP contribution is 2.34. The van der Waals surface area contributed by atoms with Crippen molar-refractivity contribution in [1.29, 1.82) is 0 Å². The number of thioether (sulfide) groups is 1. The summed E-state index contributed by atoms with van der Waals surface area (Å²) in [7, 11) is 1.67. The number of aryl methyl sites for hydroxylation is 1. The van der Waals surface area contributed by atoms with Crippen molar-refractivity contribution in [2.24, 2.45) is 4.99 Å². The molecule has 1 fully saturated rings. The largest absolute Gasteiger partial charge is 0.385 e. The second-order valence-electron chi connectivity index (χ2n) is 7.26. The number of methoxy groups -OCH3 is 1. The van der Waals surface area contributed by atoms with Gasteiger partial charge in [-0.3, -0.25) is 9.69 Å². The molecule has 0 aliphatic carbocycles. The predicted molar refractivity (Wildman–Crippen MR) is 128 cm³/mol. The first-order valence-electron chi connectivity index (χ1n) is 10.2. The molecule has 2 aromatic carbocycles. The molecule has 0 N–H and O–H groups in total. The Labute approximate surface area is 187 Å². The zero-order valence-corrected chi connectivity index (χ0v) is 18.5. The van der Waals surface area contributed by atoms with E-state index in [1.54, 1.807) is 12.0 Å². The summed E-state index contributed by atoms with van der Waals surface area (Å²) in [4.78, 5) is 20.3. The van der Waals surface area contributed by atoms with Crippen molar-refractivity contribution in [2.45, 2.75) is 13.3 Å². The molecule has 158 valence electrons. The number of carbonyl (C=O) groups excluding carboxylic acids is 1. The standard InChI is InChI=1S/C25H25N3O2S/c1-19-16-20(18-28(19)22-12-7-4-8-13-22)17-23-24(29)27(14-9-15-30-2)25(31-23)26-21-10-5-3-6-11-21/h3-8,10-13,16-18H,9,14-15H2,1-2H3/b23-17+,26-25?. The van der Waals surface area contributed by atoms with Gasteiger partial charge in [0.25, 0.3) is 5.91 Å². The predicted octanol–water partition coefficient (Wildman–Crippen LogP) is 5.43. The van der Waals surface area contributed by atoms with Crippen LogP contribution in [-0.4, -0.2) is 40.8 Å². The molecule has 0 radical (unpaired) electrons. The van der Waals surface area contributed by atoms with Crippen molar-refractivity contribution in [3.63, 3.8) is 0 Å². The SMILES string of the molecule is COCCCN1C(=O)/C(=C\c2cc(C)n(-c3ccccc3)c2)SC1=Nc1ccccc1. The molecule has 31 heavy (non-hydrogen) atoms. The van der Waals surface area contributed by atoms with Gasteiger partial charge >= 0.3 is 0 Å². The van der Waals surface area contributed by atoms with Gasteiger partial charge in [-0.1, -0.05) is 36.4 Å². The van der Waals surface area contributed by atoms with E-state index in [1.807, 2.05) is 54.6 Å². The fourth-order valence-corrected chi connectivity index (χ4v) is 4.49. The maximum absolute atomic E-state index is 13.2. The van der Waals surface area contributed by atoms with Crippen LogP contribution in [0, 0.1) is 6.92 Å². The smallest absolute Gasteiger partial charge is 0.266 e. The quantitative estimate of drug-likeness (QED) is 0.370. The van der Waals surface area contributed by atoms with Gasteiger partial charge in [0, 0.05) is 37.8 Å². The van der Waals surface area contributed by atoms with Gasteiger partial charge in [-0.2, -0.15) is 0 Å². The van der Waals surface area contributed by atoms with E-state index in [0.29, 0.717) is 23.2 Å². The van der Waals surface area contributed by atoms with Gasteiger partial charge in [0.05, 0.1) is 10.6 Å². The lowest BCUT2D eigenvalue weighted by Gasteiger charge is -2.15. The molecule has 2 heterocycles. The van der Waals surface area contributed by atoms with Gasteiger partial charge in [0.2, 0.25) is 0 Å². The molecule has 1 aliphatic rings. The Morgan fingerprint density at radius 3 is 2.48 bits per heavy atom. The van der Waals surface area contributed by atoms with Crippen LogP contribution in [0.2, 0.25) is 0 Å². The third-order valence-corrected chi connectivity index (χ3v) is 5.97. The molecule has 0 spiro atoms. The van der Waals surface area contributed by atoms with Crippen LogP contribution in [0.25, 0.3) is 11.8 Å². The van der Waals surface area contributed by atoms with Crippen LogP contribution in [-0.2, 0) is 9.53 Å². The number of hydrogen-bond donors (Lipinski definition) is 0. The maximum atomic E-state index is 13.2. The molecule has 1 amide bonds. The fraction of sp³-hybridized carbons (Fsp3) is 0.200. The third-order valence-electron chi connectivity index (χ3n) is 4.97. The van der Waals surface area contributed by atoms with Crippen molar-refractivity contribution in [2.75, 3.05) is 20.3 Å². The number of carbonyl (C=O) groups is 1. The molecule has 5 nitrogen and oxygen atoms in total. The van der Waals surface area contributed by atoms with E-state index in [1.165, 1.54) is 11.8 Å². The number of nitrogens with zero attached hydrogens (tertiary/aromatic N) is 3. The number of amidine groups is 1. The fourth-order valence-electron chi connectivity index (χ4n) is 3.46. The Balaban J connectivity index is 1.63. The molecule has 0 saturated carbocycles. The van der Waals surface area contributed by atoms with E-state index in [0.717, 1.165) is 29.1 Å². The van der Waals surface area contributed by atoms with Crippen LogP contribution < -0.4 is 0 Å². The molecule has 1 aliphatic heterocycles. The summed E-state index contributed by atoms with van der Waals surface area (Å²) in [5.74, 6) is -0.0131. The van der Waals surface area contributed by atoms with E-state index in [9.17, 15) is 4.79 Å². The molecular weight excluding hydrogens is 406 g/mol. The Morgan fingerprint density at radius 1 is 1.06 bits per heavy atom. The molecule has 0 bridgehead atoms. The van der Waals surface area contributed by atoms with Crippen molar-refractivity contribution in [3.8, 4) is 5.69 Å². The number of hydrogen-bond acceptors (Lipinski definition) is 4. The van der Waals surface area contributed by atoms with Gasteiger partial charge in [-0.05, 0) is 67.1 Å². The second kappa shape index (κ2) is 9.81. The highest BCUT2D eigenvalue weighted by Gasteiger charge is 2.33. The topological polar surface area (TPSA) is 46.8 Å². The first-order chi connectivity index (χ1) is 15.2. The molecule has 1 saturated heterocycles. The van der Waals surface area contributed by atoms with Crippen LogP contribution in [0.4, 0.5) is 5.69 Å². The van der Waals surface area contributed by atoms with Gasteiger partial charge in [-0.25, -0.2) is 4.99 Å².